The van der Waals surface area contributed by atoms with Crippen LogP contribution >= 0.6 is 0 Å². The molecule has 1 saturated carbocycles. The van der Waals surface area contributed by atoms with Crippen LogP contribution in [0.1, 0.15) is 69.3 Å². The molecular weight excluding hydrogens is 536 g/mol. The van der Waals surface area contributed by atoms with Crippen LogP contribution in [0.4, 0.5) is 5.69 Å². The quantitative estimate of drug-likeness (QED) is 0.173. The molecule has 1 aliphatic rings. The van der Waals surface area contributed by atoms with Crippen molar-refractivity contribution in [3.05, 3.63) is 84.6 Å². The molecule has 43 heavy (non-hydrogen) atoms. The van der Waals surface area contributed by atoms with Gasteiger partial charge in [-0.25, -0.2) is 4.98 Å². The van der Waals surface area contributed by atoms with Crippen LogP contribution in [0.15, 0.2) is 77.1 Å². The number of nitrogens with zero attached hydrogens (tertiary/aromatic N) is 4. The fourth-order valence-corrected chi connectivity index (χ4v) is 5.67. The second-order valence-corrected chi connectivity index (χ2v) is 11.7. The minimum absolute atomic E-state index is 0.0840. The van der Waals surface area contributed by atoms with Crippen LogP contribution in [0, 0.1) is 18.8 Å². The summed E-state index contributed by atoms with van der Waals surface area (Å²) in [5, 5.41) is 3.11. The minimum Gasteiger partial charge on any atom is -0.472 e. The van der Waals surface area contributed by atoms with Crippen LogP contribution in [-0.4, -0.2) is 38.1 Å². The molecule has 1 aromatic carbocycles. The predicted molar refractivity (Wildman–Crippen MR) is 171 cm³/mol. The van der Waals surface area contributed by atoms with Gasteiger partial charge in [-0.3, -0.25) is 19.8 Å². The van der Waals surface area contributed by atoms with Crippen LogP contribution in [0.3, 0.4) is 0 Å². The number of carbonyl (C=O) groups is 1. The average Bonchev–Trinajstić information content (AvgIpc) is 3.73. The molecule has 0 unspecified atom stereocenters. The highest BCUT2D eigenvalue weighted by molar-refractivity contribution is 6.13. The van der Waals surface area contributed by atoms with Crippen LogP contribution in [0.2, 0.25) is 0 Å². The third-order valence-electron chi connectivity index (χ3n) is 8.52. The lowest BCUT2D eigenvalue weighted by molar-refractivity contribution is -0.120. The molecule has 8 heteroatoms. The van der Waals surface area contributed by atoms with E-state index in [-0.39, 0.29) is 11.8 Å². The molecule has 0 spiro atoms. The Morgan fingerprint density at radius 2 is 1.88 bits per heavy atom. The molecule has 1 aliphatic carbocycles. The Morgan fingerprint density at radius 3 is 2.67 bits per heavy atom. The molecule has 4 heterocycles. The first-order valence-corrected chi connectivity index (χ1v) is 15.3. The zero-order valence-corrected chi connectivity index (χ0v) is 25.1. The minimum atomic E-state index is 0.0840. The normalized spacial score (nSPS) is 15.1. The van der Waals surface area contributed by atoms with Gasteiger partial charge in [0.1, 0.15) is 11.2 Å². The van der Waals surface area contributed by atoms with Crippen molar-refractivity contribution >= 4 is 28.3 Å². The Morgan fingerprint density at radius 1 is 1.05 bits per heavy atom. The van der Waals surface area contributed by atoms with E-state index in [1.54, 1.807) is 24.9 Å². The largest absolute Gasteiger partial charge is 0.472 e. The van der Waals surface area contributed by atoms with Crippen molar-refractivity contribution in [1.29, 1.82) is 0 Å². The molecule has 6 rings (SSSR count). The summed E-state index contributed by atoms with van der Waals surface area (Å²) >= 11 is 0. The summed E-state index contributed by atoms with van der Waals surface area (Å²) in [6, 6.07) is 10.3. The van der Waals surface area contributed by atoms with Gasteiger partial charge in [0.15, 0.2) is 5.82 Å². The zero-order chi connectivity index (χ0) is 29.8. The fourth-order valence-electron chi connectivity index (χ4n) is 5.67. The van der Waals surface area contributed by atoms with E-state index in [0.717, 1.165) is 87.9 Å². The van der Waals surface area contributed by atoms with Crippen molar-refractivity contribution < 1.29 is 9.21 Å². The number of benzene rings is 1. The number of anilines is 1. The number of furan rings is 1. The Kier molecular flexibility index (Phi) is 8.45. The first-order valence-electron chi connectivity index (χ1n) is 15.3. The molecule has 8 nitrogen and oxygen atoms in total. The maximum Gasteiger partial charge on any atom is 0.227 e. The van der Waals surface area contributed by atoms with Crippen LogP contribution in [-0.2, 0) is 4.79 Å². The van der Waals surface area contributed by atoms with Gasteiger partial charge in [-0.1, -0.05) is 51.7 Å². The van der Waals surface area contributed by atoms with E-state index in [9.17, 15) is 4.79 Å². The molecule has 0 saturated heterocycles. The molecule has 1 fully saturated rings. The molecule has 2 N–H and O–H groups in total. The van der Waals surface area contributed by atoms with Crippen molar-refractivity contribution in [3.8, 4) is 22.3 Å². The fraction of sp³-hybridized carbons (Fsp3) is 0.343. The lowest BCUT2D eigenvalue weighted by Gasteiger charge is -2.20. The molecule has 5 aromatic rings. The number of imidazole rings is 1. The van der Waals surface area contributed by atoms with E-state index in [4.69, 9.17) is 14.4 Å². The predicted octanol–water partition coefficient (Wildman–Crippen LogP) is 7.99. The summed E-state index contributed by atoms with van der Waals surface area (Å²) in [5.74, 6) is 1.31. The summed E-state index contributed by atoms with van der Waals surface area (Å²) < 4.78 is 5.33. The molecule has 4 aromatic heterocycles. The highest BCUT2D eigenvalue weighted by atomic mass is 16.3. The average molecular weight is 575 g/mol. The number of rotatable bonds is 9. The lowest BCUT2D eigenvalue weighted by atomic mass is 9.88. The molecule has 1 atom stereocenters. The molecule has 0 aliphatic heterocycles. The number of aromatic amines is 1. The van der Waals surface area contributed by atoms with E-state index < -0.39 is 0 Å². The van der Waals surface area contributed by atoms with Gasteiger partial charge in [-0.05, 0) is 55.0 Å². The van der Waals surface area contributed by atoms with Gasteiger partial charge in [0, 0.05) is 47.1 Å². The summed E-state index contributed by atoms with van der Waals surface area (Å²) in [5.41, 5.74) is 9.03. The number of pyridine rings is 2. The van der Waals surface area contributed by atoms with Gasteiger partial charge in [0.05, 0.1) is 36.1 Å². The summed E-state index contributed by atoms with van der Waals surface area (Å²) in [7, 11) is 0. The maximum atomic E-state index is 12.9. The standard InChI is InChI=1S/C35H38N6O2/c1-4-22(2)16-38-33(34-40-31-20-37-19-30(32(31)41-34)26-12-13-43-21-26)29-15-25(11-10-23(29)3)27-14-28(18-36-17-27)39-35(42)24-8-6-5-7-9-24/h10-15,17-22,24H,4-9,16H2,1-3H3,(H,39,42)(H,40,41)/t22-/m0/s1. The second-order valence-electron chi connectivity index (χ2n) is 11.7. The van der Waals surface area contributed by atoms with E-state index in [1.165, 1.54) is 6.42 Å². The Labute approximate surface area is 252 Å². The van der Waals surface area contributed by atoms with Crippen molar-refractivity contribution in [2.24, 2.45) is 16.8 Å². The number of nitrogens with one attached hydrogen (secondary N) is 2. The Hall–Kier alpha value is -4.59. The monoisotopic (exact) mass is 574 g/mol. The van der Waals surface area contributed by atoms with Gasteiger partial charge in [0.25, 0.3) is 0 Å². The number of hydrogen-bond acceptors (Lipinski definition) is 6. The van der Waals surface area contributed by atoms with Crippen molar-refractivity contribution in [3.63, 3.8) is 0 Å². The number of aryl methyl sites for hydroxylation is 1. The molecule has 1 amide bonds. The van der Waals surface area contributed by atoms with Gasteiger partial charge < -0.3 is 14.7 Å². The number of hydrogen-bond donors (Lipinski definition) is 2. The van der Waals surface area contributed by atoms with E-state index in [2.05, 4.69) is 59.2 Å². The van der Waals surface area contributed by atoms with E-state index >= 15 is 0 Å². The first-order chi connectivity index (χ1) is 21.0. The van der Waals surface area contributed by atoms with E-state index in [1.807, 2.05) is 24.5 Å². The Balaban J connectivity index is 1.37. The lowest BCUT2D eigenvalue weighted by Crippen LogP contribution is -2.24. The van der Waals surface area contributed by atoms with Crippen LogP contribution in [0.25, 0.3) is 33.3 Å². The van der Waals surface area contributed by atoms with Gasteiger partial charge in [-0.2, -0.15) is 0 Å². The molecule has 0 radical (unpaired) electrons. The number of aromatic nitrogens is 4. The smallest absolute Gasteiger partial charge is 0.227 e. The topological polar surface area (TPSA) is 109 Å². The zero-order valence-electron chi connectivity index (χ0n) is 25.1. The summed E-state index contributed by atoms with van der Waals surface area (Å²) in [4.78, 5) is 35.5. The van der Waals surface area contributed by atoms with Crippen molar-refractivity contribution in [1.82, 2.24) is 19.9 Å². The first kappa shape index (κ1) is 28.5. The summed E-state index contributed by atoms with van der Waals surface area (Å²) in [6.07, 6.45) is 16.9. The van der Waals surface area contributed by atoms with Crippen molar-refractivity contribution in [2.45, 2.75) is 59.3 Å². The summed E-state index contributed by atoms with van der Waals surface area (Å²) in [6.45, 7) is 7.17. The van der Waals surface area contributed by atoms with Crippen molar-refractivity contribution in [2.75, 3.05) is 11.9 Å². The van der Waals surface area contributed by atoms with E-state index in [0.29, 0.717) is 18.3 Å². The van der Waals surface area contributed by atoms with Crippen LogP contribution < -0.4 is 5.32 Å². The highest BCUT2D eigenvalue weighted by Crippen LogP contribution is 2.30. The molecular formula is C35H38N6O2. The highest BCUT2D eigenvalue weighted by Gasteiger charge is 2.22. The number of carbonyl (C=O) groups excluding carboxylic acids is 1. The van der Waals surface area contributed by atoms with Crippen LogP contribution in [0.5, 0.6) is 0 Å². The number of aliphatic imine (C=N–C) groups is 1. The van der Waals surface area contributed by atoms with Gasteiger partial charge >= 0.3 is 0 Å². The van der Waals surface area contributed by atoms with Gasteiger partial charge in [-0.15, -0.1) is 0 Å². The molecule has 220 valence electrons. The molecule has 0 bridgehead atoms. The third kappa shape index (κ3) is 6.28. The number of fused-ring (bicyclic) bond motifs is 1. The maximum absolute atomic E-state index is 12.9. The third-order valence-corrected chi connectivity index (χ3v) is 8.52. The van der Waals surface area contributed by atoms with Gasteiger partial charge in [0.2, 0.25) is 5.91 Å². The SMILES string of the molecule is CC[C@H](C)CN=C(c1nc2c(-c3ccoc3)cncc2[nH]1)c1cc(-c2cncc(NC(=O)C3CCCCC3)c2)ccc1C. The Bertz CT molecular complexity index is 1750. The second kappa shape index (κ2) is 12.7. The number of H-pyrrole nitrogens is 1. The number of amides is 1.